The van der Waals surface area contributed by atoms with E-state index < -0.39 is 11.2 Å². The summed E-state index contributed by atoms with van der Waals surface area (Å²) in [5.41, 5.74) is -0.244. The number of hydrogen-bond donors (Lipinski definition) is 2. The third kappa shape index (κ3) is 3.79. The third-order valence-corrected chi connectivity index (χ3v) is 4.57. The zero-order valence-corrected chi connectivity index (χ0v) is 16.5. The Bertz CT molecular complexity index is 1220. The number of fused-ring (bicyclic) bond motifs is 1. The lowest BCUT2D eigenvalue weighted by molar-refractivity contribution is 0.0786. The summed E-state index contributed by atoms with van der Waals surface area (Å²) in [5, 5.41) is 2.88. The van der Waals surface area contributed by atoms with Gasteiger partial charge < -0.3 is 15.2 Å². The average Bonchev–Trinajstić information content (AvgIpc) is 3.15. The Morgan fingerprint density at radius 3 is 2.55 bits per heavy atom. The number of carbonyl (C=O) groups excluding carboxylic acids is 2. The standard InChI is InChI=1S/C18H21N7O4/c1-10-20-9-13(22-10)15(26)19-5-6-23(2)16(27)11-7-12-14(21-8-11)24(3)18(29)25(4)17(12)28/h7-9H,5-6H2,1-4H3,(H,19,26)(H,20,22). The molecule has 0 aliphatic heterocycles. The van der Waals surface area contributed by atoms with Crippen molar-refractivity contribution in [3.8, 4) is 0 Å². The van der Waals surface area contributed by atoms with Crippen molar-refractivity contribution in [2.45, 2.75) is 6.92 Å². The molecule has 0 bridgehead atoms. The molecule has 29 heavy (non-hydrogen) atoms. The van der Waals surface area contributed by atoms with Gasteiger partial charge >= 0.3 is 5.69 Å². The quantitative estimate of drug-likeness (QED) is 0.575. The molecule has 0 saturated carbocycles. The van der Waals surface area contributed by atoms with Crippen molar-refractivity contribution >= 4 is 22.8 Å². The molecule has 0 fully saturated rings. The summed E-state index contributed by atoms with van der Waals surface area (Å²) in [7, 11) is 4.46. The van der Waals surface area contributed by atoms with Crippen LogP contribution in [0.1, 0.15) is 26.7 Å². The van der Waals surface area contributed by atoms with Crippen LogP contribution in [0, 0.1) is 6.92 Å². The van der Waals surface area contributed by atoms with Crippen LogP contribution in [0.25, 0.3) is 11.0 Å². The Morgan fingerprint density at radius 1 is 1.17 bits per heavy atom. The van der Waals surface area contributed by atoms with E-state index >= 15 is 0 Å². The van der Waals surface area contributed by atoms with E-state index in [1.165, 1.54) is 42.0 Å². The van der Waals surface area contributed by atoms with Gasteiger partial charge in [0.15, 0.2) is 0 Å². The van der Waals surface area contributed by atoms with Crippen molar-refractivity contribution < 1.29 is 9.59 Å². The summed E-state index contributed by atoms with van der Waals surface area (Å²) < 4.78 is 2.22. The summed E-state index contributed by atoms with van der Waals surface area (Å²) in [6, 6.07) is 1.43. The van der Waals surface area contributed by atoms with Crippen molar-refractivity contribution in [2.24, 2.45) is 14.1 Å². The lowest BCUT2D eigenvalue weighted by Crippen LogP contribution is -2.38. The second-order valence-corrected chi connectivity index (χ2v) is 6.67. The van der Waals surface area contributed by atoms with Crippen molar-refractivity contribution in [3.63, 3.8) is 0 Å². The highest BCUT2D eigenvalue weighted by Crippen LogP contribution is 2.09. The molecule has 0 unspecified atom stereocenters. The molecule has 3 aromatic heterocycles. The van der Waals surface area contributed by atoms with E-state index in [1.807, 2.05) is 0 Å². The van der Waals surface area contributed by atoms with Crippen LogP contribution < -0.4 is 16.6 Å². The molecule has 0 aromatic carbocycles. The number of aryl methyl sites for hydroxylation is 2. The van der Waals surface area contributed by atoms with Gasteiger partial charge in [0.2, 0.25) is 0 Å². The van der Waals surface area contributed by atoms with E-state index in [0.29, 0.717) is 11.5 Å². The SMILES string of the molecule is Cc1ncc(C(=O)NCCN(C)C(=O)c2cnc3c(c2)c(=O)n(C)c(=O)n3C)[nH]1. The van der Waals surface area contributed by atoms with Gasteiger partial charge in [-0.2, -0.15) is 0 Å². The Balaban J connectivity index is 1.72. The molecule has 11 nitrogen and oxygen atoms in total. The number of aromatic amines is 1. The summed E-state index contributed by atoms with van der Waals surface area (Å²) in [5.74, 6) is -0.0416. The summed E-state index contributed by atoms with van der Waals surface area (Å²) in [6.07, 6.45) is 2.76. The molecule has 3 rings (SSSR count). The molecule has 3 aromatic rings. The maximum atomic E-state index is 12.7. The van der Waals surface area contributed by atoms with E-state index in [2.05, 4.69) is 20.3 Å². The van der Waals surface area contributed by atoms with Crippen LogP contribution in [0.5, 0.6) is 0 Å². The second kappa shape index (κ2) is 7.70. The zero-order valence-electron chi connectivity index (χ0n) is 16.5. The average molecular weight is 399 g/mol. The predicted octanol–water partition coefficient (Wildman–Crippen LogP) is -0.834. The third-order valence-electron chi connectivity index (χ3n) is 4.57. The van der Waals surface area contributed by atoms with Gasteiger partial charge in [0, 0.05) is 40.4 Å². The summed E-state index contributed by atoms with van der Waals surface area (Å²) in [4.78, 5) is 61.3. The van der Waals surface area contributed by atoms with E-state index in [1.54, 1.807) is 14.0 Å². The molecular formula is C18H21N7O4. The lowest BCUT2D eigenvalue weighted by Gasteiger charge is -2.17. The molecule has 2 N–H and O–H groups in total. The minimum absolute atomic E-state index is 0.178. The molecule has 152 valence electrons. The molecule has 0 spiro atoms. The number of rotatable bonds is 5. The van der Waals surface area contributed by atoms with Crippen molar-refractivity contribution in [1.29, 1.82) is 0 Å². The van der Waals surface area contributed by atoms with Gasteiger partial charge in [-0.1, -0.05) is 0 Å². The monoisotopic (exact) mass is 399 g/mol. The minimum Gasteiger partial charge on any atom is -0.349 e. The van der Waals surface area contributed by atoms with Crippen LogP contribution in [0.2, 0.25) is 0 Å². The van der Waals surface area contributed by atoms with E-state index in [9.17, 15) is 19.2 Å². The number of amides is 2. The fourth-order valence-electron chi connectivity index (χ4n) is 2.87. The Hall–Kier alpha value is -3.76. The number of pyridine rings is 1. The number of likely N-dealkylation sites (N-methyl/N-ethyl adjacent to an activating group) is 1. The molecule has 0 aliphatic carbocycles. The molecule has 0 saturated heterocycles. The number of H-pyrrole nitrogens is 1. The van der Waals surface area contributed by atoms with Gasteiger partial charge in [0.1, 0.15) is 17.2 Å². The van der Waals surface area contributed by atoms with Gasteiger partial charge in [-0.05, 0) is 13.0 Å². The second-order valence-electron chi connectivity index (χ2n) is 6.67. The Morgan fingerprint density at radius 2 is 1.90 bits per heavy atom. The van der Waals surface area contributed by atoms with Crippen LogP contribution in [-0.4, -0.2) is 60.9 Å². The molecule has 0 atom stereocenters. The van der Waals surface area contributed by atoms with E-state index in [0.717, 1.165) is 4.57 Å². The van der Waals surface area contributed by atoms with Gasteiger partial charge in [-0.3, -0.25) is 23.5 Å². The highest BCUT2D eigenvalue weighted by molar-refractivity contribution is 5.96. The maximum Gasteiger partial charge on any atom is 0.332 e. The van der Waals surface area contributed by atoms with Gasteiger partial charge in [0.25, 0.3) is 17.4 Å². The predicted molar refractivity (Wildman–Crippen MR) is 105 cm³/mol. The van der Waals surface area contributed by atoms with Crippen LogP contribution in [-0.2, 0) is 14.1 Å². The first kappa shape index (κ1) is 20.0. The topological polar surface area (TPSA) is 135 Å². The molecule has 0 aliphatic rings. The number of imidazole rings is 1. The van der Waals surface area contributed by atoms with Gasteiger partial charge in [-0.25, -0.2) is 14.8 Å². The Kier molecular flexibility index (Phi) is 5.31. The van der Waals surface area contributed by atoms with Crippen LogP contribution >= 0.6 is 0 Å². The fraction of sp³-hybridized carbons (Fsp3) is 0.333. The maximum absolute atomic E-state index is 12.7. The van der Waals surface area contributed by atoms with Gasteiger partial charge in [0.05, 0.1) is 17.1 Å². The van der Waals surface area contributed by atoms with Crippen molar-refractivity contribution in [3.05, 3.63) is 56.4 Å². The minimum atomic E-state index is -0.519. The number of nitrogens with zero attached hydrogens (tertiary/aromatic N) is 5. The summed E-state index contributed by atoms with van der Waals surface area (Å²) in [6.45, 7) is 2.23. The number of aromatic nitrogens is 5. The van der Waals surface area contributed by atoms with Gasteiger partial charge in [-0.15, -0.1) is 0 Å². The van der Waals surface area contributed by atoms with Crippen LogP contribution in [0.3, 0.4) is 0 Å². The summed E-state index contributed by atoms with van der Waals surface area (Å²) >= 11 is 0. The van der Waals surface area contributed by atoms with E-state index in [-0.39, 0.29) is 41.5 Å². The van der Waals surface area contributed by atoms with Crippen molar-refractivity contribution in [1.82, 2.24) is 34.3 Å². The fourth-order valence-corrected chi connectivity index (χ4v) is 2.87. The number of hydrogen-bond acceptors (Lipinski definition) is 6. The highest BCUT2D eigenvalue weighted by atomic mass is 16.2. The largest absolute Gasteiger partial charge is 0.349 e. The first-order chi connectivity index (χ1) is 13.7. The van der Waals surface area contributed by atoms with E-state index in [4.69, 9.17) is 0 Å². The zero-order chi connectivity index (χ0) is 21.3. The first-order valence-corrected chi connectivity index (χ1v) is 8.81. The molecule has 11 heteroatoms. The normalized spacial score (nSPS) is 10.9. The molecule has 0 radical (unpaired) electrons. The molecule has 3 heterocycles. The molecular weight excluding hydrogens is 378 g/mol. The Labute approximate surface area is 165 Å². The van der Waals surface area contributed by atoms with Crippen LogP contribution in [0.4, 0.5) is 0 Å². The highest BCUT2D eigenvalue weighted by Gasteiger charge is 2.17. The van der Waals surface area contributed by atoms with Crippen molar-refractivity contribution in [2.75, 3.05) is 20.1 Å². The smallest absolute Gasteiger partial charge is 0.332 e. The lowest BCUT2D eigenvalue weighted by atomic mass is 10.2. The molecule has 2 amide bonds. The number of carbonyl (C=O) groups is 2. The number of nitrogens with one attached hydrogen (secondary N) is 2. The van der Waals surface area contributed by atoms with Crippen LogP contribution in [0.15, 0.2) is 28.0 Å². The first-order valence-electron chi connectivity index (χ1n) is 8.81.